The lowest BCUT2D eigenvalue weighted by atomic mass is 10.1. The van der Waals surface area contributed by atoms with Crippen molar-refractivity contribution in [1.29, 1.82) is 0 Å². The molecule has 0 radical (unpaired) electrons. The third-order valence-corrected chi connectivity index (χ3v) is 23.4. The lowest BCUT2D eigenvalue weighted by Crippen LogP contribution is -2.39. The molecule has 0 unspecified atom stereocenters. The lowest BCUT2D eigenvalue weighted by molar-refractivity contribution is -0.140. The van der Waals surface area contributed by atoms with E-state index in [2.05, 4.69) is 119 Å². The van der Waals surface area contributed by atoms with Crippen LogP contribution in [-0.4, -0.2) is 110 Å². The summed E-state index contributed by atoms with van der Waals surface area (Å²) in [6.45, 7) is 24.6. The van der Waals surface area contributed by atoms with Crippen molar-refractivity contribution in [2.24, 2.45) is 0 Å². The number of rotatable bonds is 26. The molecule has 0 aliphatic heterocycles. The Kier molecular flexibility index (Phi) is 35.3. The van der Waals surface area contributed by atoms with E-state index in [0.29, 0.717) is 62.2 Å². The van der Waals surface area contributed by atoms with Gasteiger partial charge in [-0.05, 0) is 265 Å². The number of carbonyl (C=O) groups excluding carboxylic acids is 6. The number of nitrogens with one attached hydrogen (secondary N) is 6. The van der Waals surface area contributed by atoms with Gasteiger partial charge in [-0.2, -0.15) is 13.2 Å². The first-order chi connectivity index (χ1) is 61.4. The molecule has 0 aliphatic rings. The van der Waals surface area contributed by atoms with E-state index < -0.39 is 55.0 Å². The Hall–Kier alpha value is -14.8. The molecular weight excluding hydrogens is 1680 g/mol. The van der Waals surface area contributed by atoms with Crippen LogP contribution in [0.1, 0.15) is 84.8 Å². The highest BCUT2D eigenvalue weighted by Gasteiger charge is 2.40. The van der Waals surface area contributed by atoms with E-state index in [1.54, 1.807) is 142 Å². The Labute approximate surface area is 751 Å². The second-order valence-electron chi connectivity index (χ2n) is 30.5. The van der Waals surface area contributed by atoms with Crippen LogP contribution in [-0.2, 0) is 61.5 Å². The van der Waals surface area contributed by atoms with E-state index in [1.807, 2.05) is 121 Å². The summed E-state index contributed by atoms with van der Waals surface area (Å²) in [5, 5.41) is 16.8. The molecule has 0 bridgehead atoms. The first-order valence-corrected chi connectivity index (χ1v) is 43.8. The Morgan fingerprint density at radius 2 is 0.690 bits per heavy atom. The number of benzene rings is 8. The maximum atomic E-state index is 13.6. The maximum Gasteiger partial charge on any atom is 0.417 e. The highest BCUT2D eigenvalue weighted by Crippen LogP contribution is 2.38. The molecule has 8 aromatic carbocycles. The molecule has 6 N–H and O–H groups in total. The van der Waals surface area contributed by atoms with Gasteiger partial charge in [0.15, 0.2) is 0 Å². The second kappa shape index (κ2) is 46.4. The van der Waals surface area contributed by atoms with E-state index in [1.165, 1.54) is 64.8 Å². The summed E-state index contributed by atoms with van der Waals surface area (Å²) in [5.74, 6) is -1.76. The molecule has 13 aromatic rings. The first-order valence-electron chi connectivity index (χ1n) is 40.9. The number of aryl methyl sites for hydroxylation is 12. The molecule has 0 saturated heterocycles. The van der Waals surface area contributed by atoms with Gasteiger partial charge in [0, 0.05) is 61.5 Å². The number of sulfonamides is 2. The Bertz CT molecular complexity index is 6250. The normalized spacial score (nSPS) is 10.8. The number of carbonyl (C=O) groups is 6. The molecule has 0 spiro atoms. The van der Waals surface area contributed by atoms with Crippen LogP contribution in [0.25, 0.3) is 0 Å². The zero-order valence-electron chi connectivity index (χ0n) is 73.9. The fourth-order valence-corrected chi connectivity index (χ4v) is 16.2. The molecule has 129 heavy (non-hydrogen) atoms. The molecule has 0 aliphatic carbocycles. The topological polar surface area (TPSA) is 320 Å². The summed E-state index contributed by atoms with van der Waals surface area (Å²) in [6.07, 6.45) is 10.9. The molecular formula is C99H104F3N15O10S2. The zero-order chi connectivity index (χ0) is 93.5. The van der Waals surface area contributed by atoms with Gasteiger partial charge >= 0.3 is 6.18 Å². The van der Waals surface area contributed by atoms with E-state index in [4.69, 9.17) is 0 Å². The minimum absolute atomic E-state index is 0.0332. The summed E-state index contributed by atoms with van der Waals surface area (Å²) in [6, 6.07) is 64.8. The number of aromatic nitrogens is 5. The third kappa shape index (κ3) is 29.7. The quantitative estimate of drug-likeness (QED) is 0.0293. The average molecular weight is 1790 g/mol. The van der Waals surface area contributed by atoms with E-state index in [0.717, 1.165) is 72.4 Å². The highest BCUT2D eigenvalue weighted by atomic mass is 32.2. The van der Waals surface area contributed by atoms with E-state index >= 15 is 0 Å². The summed E-state index contributed by atoms with van der Waals surface area (Å²) in [4.78, 5) is 96.5. The van der Waals surface area contributed by atoms with Crippen molar-refractivity contribution in [1.82, 2.24) is 24.9 Å². The molecule has 5 aromatic heterocycles. The molecule has 6 amide bonds. The van der Waals surface area contributed by atoms with Gasteiger partial charge in [0.2, 0.25) is 35.4 Å². The van der Waals surface area contributed by atoms with Crippen LogP contribution in [0.15, 0.2) is 296 Å². The van der Waals surface area contributed by atoms with Crippen molar-refractivity contribution in [2.45, 2.75) is 113 Å². The fourth-order valence-electron chi connectivity index (χ4n) is 13.0. The van der Waals surface area contributed by atoms with Crippen molar-refractivity contribution >= 4 is 112 Å². The molecule has 0 fully saturated rings. The molecule has 30 heteroatoms. The highest BCUT2D eigenvalue weighted by molar-refractivity contribution is 7.93. The number of amides is 6. The summed E-state index contributed by atoms with van der Waals surface area (Å²) in [5.41, 5.74) is 17.8. The number of alkyl halides is 3. The Balaban J connectivity index is 0.000000184. The van der Waals surface area contributed by atoms with Crippen molar-refractivity contribution in [3.8, 4) is 0 Å². The summed E-state index contributed by atoms with van der Waals surface area (Å²) >= 11 is 0. The van der Waals surface area contributed by atoms with Crippen LogP contribution in [0.2, 0.25) is 0 Å². The standard InChI is InChI=1S/C23H25N3O.C22H20F3N3O3S.C22H23N3O3S.C17H19N3O2.C15H17N3O/c1-17-10-11-19(3)22(13-17)26(15-20-8-5-4-7-18(20)2)16-23(27)25-21-9-6-12-24-14-21;1-15-9-10-16(2)19(12-15)28(14-21(29)27-17-6-5-11-26-13-17)32(30,31)20-8-4-3-7-18(20)22(23,24)25;1-16-7-10-20(11-8-16)29(27,28)25(21-13-17(2)6-9-18(21)3)15-22(26)24-19-5-4-12-23-14-19;1-12-6-7-13(2)16(9-12)20(14(3)21)11-17(22)19-15-5-4-8-18-10-15;1-11-5-6-12(2)14(8-11)17-10-15(19)18-13-4-3-7-16-9-13/h4-14H,15-16H2,1-3H3,(H,25,27);3-13H,14H2,1-2H3,(H,27,29);4-14H,15H2,1-3H3,(H,24,26);4-10H,11H2,1-3H3,(H,19,22);3-9,17H,10H2,1-2H3,(H,18,19). The number of halogens is 3. The maximum absolute atomic E-state index is 13.6. The zero-order valence-corrected chi connectivity index (χ0v) is 75.6. The molecule has 25 nitrogen and oxygen atoms in total. The molecule has 668 valence electrons. The summed E-state index contributed by atoms with van der Waals surface area (Å²) in [7, 11) is -8.70. The molecule has 5 heterocycles. The monoisotopic (exact) mass is 1780 g/mol. The Morgan fingerprint density at radius 1 is 0.341 bits per heavy atom. The minimum atomic E-state index is -4.89. The number of hydrogen-bond donors (Lipinski definition) is 6. The van der Waals surface area contributed by atoms with Gasteiger partial charge in [-0.1, -0.05) is 115 Å². The van der Waals surface area contributed by atoms with Crippen molar-refractivity contribution in [3.63, 3.8) is 0 Å². The number of pyridine rings is 5. The van der Waals surface area contributed by atoms with Crippen LogP contribution in [0.4, 0.5) is 70.0 Å². The van der Waals surface area contributed by atoms with Crippen molar-refractivity contribution in [3.05, 3.63) is 364 Å². The van der Waals surface area contributed by atoms with Gasteiger partial charge in [-0.25, -0.2) is 16.8 Å². The smallest absolute Gasteiger partial charge is 0.376 e. The summed E-state index contributed by atoms with van der Waals surface area (Å²) < 4.78 is 96.4. The predicted molar refractivity (Wildman–Crippen MR) is 504 cm³/mol. The lowest BCUT2D eigenvalue weighted by Gasteiger charge is -2.27. The van der Waals surface area contributed by atoms with Crippen LogP contribution in [0, 0.1) is 83.1 Å². The van der Waals surface area contributed by atoms with Gasteiger partial charge in [0.05, 0.1) is 99.2 Å². The van der Waals surface area contributed by atoms with Gasteiger partial charge in [0.1, 0.15) is 19.6 Å². The average Bonchev–Trinajstić information content (AvgIpc) is 0.759. The van der Waals surface area contributed by atoms with Crippen LogP contribution in [0.5, 0.6) is 0 Å². The Morgan fingerprint density at radius 3 is 1.11 bits per heavy atom. The first kappa shape index (κ1) is 98.0. The van der Waals surface area contributed by atoms with E-state index in [9.17, 15) is 58.8 Å². The van der Waals surface area contributed by atoms with Crippen LogP contribution in [0.3, 0.4) is 0 Å². The second-order valence-corrected chi connectivity index (χ2v) is 34.2. The van der Waals surface area contributed by atoms with Gasteiger partial charge < -0.3 is 41.7 Å². The van der Waals surface area contributed by atoms with Crippen molar-refractivity contribution in [2.75, 3.05) is 83.0 Å². The minimum Gasteiger partial charge on any atom is -0.376 e. The van der Waals surface area contributed by atoms with Gasteiger partial charge in [0.25, 0.3) is 20.0 Å². The SMILES string of the molecule is CC(=O)N(CC(=O)Nc1cccnc1)c1cc(C)ccc1C.Cc1ccc(C)c(N(CC(=O)Nc2cccnc2)Cc2ccccc2C)c1.Cc1ccc(C)c(N(CC(=O)Nc2cccnc2)S(=O)(=O)c2ccccc2C(F)(F)F)c1.Cc1ccc(C)c(NCC(=O)Nc2cccnc2)c1.Cc1ccc(S(=O)(=O)N(CC(=O)Nc2cccnc2)c2cc(C)ccc2C)cc1. The molecule has 0 atom stereocenters. The number of hydrogen-bond acceptors (Lipinski definition) is 17. The molecule has 13 rings (SSSR count). The van der Waals surface area contributed by atoms with E-state index in [-0.39, 0.29) is 60.4 Å². The molecule has 0 saturated carbocycles. The predicted octanol–water partition coefficient (Wildman–Crippen LogP) is 18.5. The van der Waals surface area contributed by atoms with Gasteiger partial charge in [-0.15, -0.1) is 0 Å². The fraction of sp³-hybridized carbons (Fsp3) is 0.202. The van der Waals surface area contributed by atoms with Crippen LogP contribution < -0.4 is 50.3 Å². The third-order valence-electron chi connectivity index (χ3n) is 19.8. The number of anilines is 10. The van der Waals surface area contributed by atoms with Gasteiger partial charge in [-0.3, -0.25) is 62.3 Å². The van der Waals surface area contributed by atoms with Crippen molar-refractivity contribution < 1.29 is 58.8 Å². The number of nitrogens with zero attached hydrogens (tertiary/aromatic N) is 9. The largest absolute Gasteiger partial charge is 0.417 e. The van der Waals surface area contributed by atoms with Crippen LogP contribution >= 0.6 is 0 Å².